The van der Waals surface area contributed by atoms with Crippen LogP contribution in [0.15, 0.2) is 0 Å². The van der Waals surface area contributed by atoms with E-state index in [1.165, 1.54) is 51.6 Å². The first kappa shape index (κ1) is 17.0. The van der Waals surface area contributed by atoms with E-state index in [9.17, 15) is 5.11 Å². The molecule has 1 heterocycles. The van der Waals surface area contributed by atoms with E-state index in [0.717, 1.165) is 12.8 Å². The van der Waals surface area contributed by atoms with Crippen molar-refractivity contribution in [1.82, 2.24) is 4.90 Å². The second kappa shape index (κ2) is 8.26. The van der Waals surface area contributed by atoms with E-state index in [1.54, 1.807) is 0 Å². The van der Waals surface area contributed by atoms with Crippen LogP contribution in [0.3, 0.4) is 0 Å². The first-order valence-corrected chi connectivity index (χ1v) is 8.51. The van der Waals surface area contributed by atoms with E-state index in [2.05, 4.69) is 32.6 Å². The Kier molecular flexibility index (Phi) is 7.38. The normalized spacial score (nSPS) is 23.2. The minimum absolute atomic E-state index is 0.00383. The molecule has 1 N–H and O–H groups in total. The highest BCUT2D eigenvalue weighted by Crippen LogP contribution is 2.32. The summed E-state index contributed by atoms with van der Waals surface area (Å²) in [4.78, 5) is 2.53. The van der Waals surface area contributed by atoms with Gasteiger partial charge in [-0.25, -0.2) is 0 Å². The molecule has 114 valence electrons. The molecular formula is C17H35NO. The van der Waals surface area contributed by atoms with Crippen molar-refractivity contribution in [2.24, 2.45) is 5.92 Å². The van der Waals surface area contributed by atoms with Gasteiger partial charge in [0, 0.05) is 5.54 Å². The van der Waals surface area contributed by atoms with Crippen molar-refractivity contribution in [1.29, 1.82) is 0 Å². The molecule has 0 aliphatic carbocycles. The number of likely N-dealkylation sites (tertiary alicyclic amines) is 1. The lowest BCUT2D eigenvalue weighted by Crippen LogP contribution is -2.53. The molecular weight excluding hydrogens is 234 g/mol. The molecule has 3 atom stereocenters. The second-order valence-corrected chi connectivity index (χ2v) is 6.57. The molecule has 0 spiro atoms. The standard InChI is InChI=1S/C17H35NO/c1-5-8-11-15(6-2)14-16(19)17(4,7-3)18-12-9-10-13-18/h15-16,19H,5-14H2,1-4H3. The number of nitrogens with zero attached hydrogens (tertiary/aromatic N) is 1. The van der Waals surface area contributed by atoms with Crippen LogP contribution in [0.4, 0.5) is 0 Å². The van der Waals surface area contributed by atoms with Gasteiger partial charge < -0.3 is 5.11 Å². The zero-order valence-corrected chi connectivity index (χ0v) is 13.6. The van der Waals surface area contributed by atoms with Crippen molar-refractivity contribution >= 4 is 0 Å². The third kappa shape index (κ3) is 4.46. The first-order valence-electron chi connectivity index (χ1n) is 8.51. The van der Waals surface area contributed by atoms with E-state index >= 15 is 0 Å². The van der Waals surface area contributed by atoms with E-state index in [4.69, 9.17) is 0 Å². The molecule has 1 rings (SSSR count). The van der Waals surface area contributed by atoms with Gasteiger partial charge in [-0.15, -0.1) is 0 Å². The van der Waals surface area contributed by atoms with Crippen LogP contribution >= 0.6 is 0 Å². The van der Waals surface area contributed by atoms with Crippen LogP contribution < -0.4 is 0 Å². The van der Waals surface area contributed by atoms with E-state index < -0.39 is 0 Å². The predicted octanol–water partition coefficient (Wildman–Crippen LogP) is 4.22. The Bertz CT molecular complexity index is 237. The van der Waals surface area contributed by atoms with Crippen molar-refractivity contribution in [3.05, 3.63) is 0 Å². The van der Waals surface area contributed by atoms with Gasteiger partial charge in [0.1, 0.15) is 0 Å². The zero-order chi connectivity index (χ0) is 14.3. The highest BCUT2D eigenvalue weighted by atomic mass is 16.3. The number of aliphatic hydroxyl groups is 1. The molecule has 1 aliphatic heterocycles. The third-order valence-electron chi connectivity index (χ3n) is 5.36. The maximum Gasteiger partial charge on any atom is 0.0723 e. The highest BCUT2D eigenvalue weighted by Gasteiger charge is 2.39. The quantitative estimate of drug-likeness (QED) is 0.677. The van der Waals surface area contributed by atoms with Crippen LogP contribution in [0.1, 0.15) is 79.1 Å². The fraction of sp³-hybridized carbons (Fsp3) is 1.00. The Morgan fingerprint density at radius 1 is 1.16 bits per heavy atom. The molecule has 0 aromatic carbocycles. The average Bonchev–Trinajstić information content (AvgIpc) is 2.96. The minimum atomic E-state index is -0.169. The van der Waals surface area contributed by atoms with Gasteiger partial charge in [0.15, 0.2) is 0 Å². The fourth-order valence-corrected chi connectivity index (χ4v) is 3.45. The lowest BCUT2D eigenvalue weighted by atomic mass is 9.82. The molecule has 0 radical (unpaired) electrons. The second-order valence-electron chi connectivity index (χ2n) is 6.57. The highest BCUT2D eigenvalue weighted by molar-refractivity contribution is 4.94. The summed E-state index contributed by atoms with van der Waals surface area (Å²) < 4.78 is 0. The van der Waals surface area contributed by atoms with Gasteiger partial charge in [0.2, 0.25) is 0 Å². The molecule has 1 saturated heterocycles. The van der Waals surface area contributed by atoms with Crippen LogP contribution in [0.2, 0.25) is 0 Å². The number of hydrogen-bond donors (Lipinski definition) is 1. The summed E-state index contributed by atoms with van der Waals surface area (Å²) in [6, 6.07) is 0. The van der Waals surface area contributed by atoms with Gasteiger partial charge >= 0.3 is 0 Å². The smallest absolute Gasteiger partial charge is 0.0723 e. The Hall–Kier alpha value is -0.0800. The third-order valence-corrected chi connectivity index (χ3v) is 5.36. The van der Waals surface area contributed by atoms with Gasteiger partial charge in [-0.1, -0.05) is 46.5 Å². The summed E-state index contributed by atoms with van der Waals surface area (Å²) >= 11 is 0. The summed E-state index contributed by atoms with van der Waals surface area (Å²) in [5, 5.41) is 10.8. The van der Waals surface area contributed by atoms with Crippen molar-refractivity contribution < 1.29 is 5.11 Å². The average molecular weight is 269 g/mol. The monoisotopic (exact) mass is 269 g/mol. The molecule has 2 nitrogen and oxygen atoms in total. The Morgan fingerprint density at radius 3 is 2.26 bits per heavy atom. The largest absolute Gasteiger partial charge is 0.391 e. The zero-order valence-electron chi connectivity index (χ0n) is 13.6. The van der Waals surface area contributed by atoms with E-state index in [-0.39, 0.29) is 11.6 Å². The molecule has 19 heavy (non-hydrogen) atoms. The summed E-state index contributed by atoms with van der Waals surface area (Å²) in [5.41, 5.74) is -0.00383. The SMILES string of the molecule is CCCCC(CC)CC(O)C(C)(CC)N1CCCC1. The van der Waals surface area contributed by atoms with Crippen LogP contribution in [-0.4, -0.2) is 34.7 Å². The van der Waals surface area contributed by atoms with E-state index in [0.29, 0.717) is 5.92 Å². The topological polar surface area (TPSA) is 23.5 Å². The van der Waals surface area contributed by atoms with Gasteiger partial charge in [-0.3, -0.25) is 4.90 Å². The molecule has 0 saturated carbocycles. The molecule has 1 aliphatic rings. The van der Waals surface area contributed by atoms with Crippen molar-refractivity contribution in [3.63, 3.8) is 0 Å². The van der Waals surface area contributed by atoms with E-state index in [1.807, 2.05) is 0 Å². The maximum atomic E-state index is 10.8. The van der Waals surface area contributed by atoms with Crippen molar-refractivity contribution in [3.8, 4) is 0 Å². The number of aliphatic hydroxyl groups excluding tert-OH is 1. The lowest BCUT2D eigenvalue weighted by molar-refractivity contribution is -0.0259. The van der Waals surface area contributed by atoms with Crippen LogP contribution in [-0.2, 0) is 0 Å². The number of hydrogen-bond acceptors (Lipinski definition) is 2. The van der Waals surface area contributed by atoms with Gasteiger partial charge in [-0.2, -0.15) is 0 Å². The molecule has 0 aromatic rings. The summed E-state index contributed by atoms with van der Waals surface area (Å²) in [7, 11) is 0. The Balaban J connectivity index is 2.58. The number of unbranched alkanes of at least 4 members (excludes halogenated alkanes) is 1. The van der Waals surface area contributed by atoms with Crippen LogP contribution in [0.25, 0.3) is 0 Å². The summed E-state index contributed by atoms with van der Waals surface area (Å²) in [6.07, 6.45) is 9.53. The van der Waals surface area contributed by atoms with Crippen molar-refractivity contribution in [2.75, 3.05) is 13.1 Å². The molecule has 3 unspecified atom stereocenters. The minimum Gasteiger partial charge on any atom is -0.391 e. The summed E-state index contributed by atoms with van der Waals surface area (Å²) in [5.74, 6) is 0.698. The van der Waals surface area contributed by atoms with Gasteiger partial charge in [0.05, 0.1) is 6.10 Å². The Morgan fingerprint density at radius 2 is 1.79 bits per heavy atom. The van der Waals surface area contributed by atoms with Crippen LogP contribution in [0.5, 0.6) is 0 Å². The molecule has 0 bridgehead atoms. The number of rotatable bonds is 9. The summed E-state index contributed by atoms with van der Waals surface area (Å²) in [6.45, 7) is 11.4. The van der Waals surface area contributed by atoms with Crippen LogP contribution in [0, 0.1) is 5.92 Å². The first-order chi connectivity index (χ1) is 9.08. The molecule has 0 aromatic heterocycles. The van der Waals surface area contributed by atoms with Gasteiger partial charge in [0.25, 0.3) is 0 Å². The maximum absolute atomic E-state index is 10.8. The predicted molar refractivity (Wildman–Crippen MR) is 83.4 cm³/mol. The lowest BCUT2D eigenvalue weighted by Gasteiger charge is -2.43. The fourth-order valence-electron chi connectivity index (χ4n) is 3.45. The van der Waals surface area contributed by atoms with Crippen molar-refractivity contribution in [2.45, 2.75) is 90.7 Å². The molecule has 2 heteroatoms. The van der Waals surface area contributed by atoms with Gasteiger partial charge in [-0.05, 0) is 51.6 Å². The molecule has 0 amide bonds. The Labute approximate surface area is 120 Å². The molecule has 1 fully saturated rings.